The zero-order chi connectivity index (χ0) is 14.1. The summed E-state index contributed by atoms with van der Waals surface area (Å²) in [6.07, 6.45) is 0. The van der Waals surface area contributed by atoms with Crippen LogP contribution in [0.1, 0.15) is 16.1 Å². The second kappa shape index (κ2) is 4.74. The van der Waals surface area contributed by atoms with E-state index >= 15 is 0 Å². The Labute approximate surface area is 115 Å². The number of fused-ring (bicyclic) bond motifs is 1. The fourth-order valence-corrected chi connectivity index (χ4v) is 2.03. The molecule has 0 saturated carbocycles. The van der Waals surface area contributed by atoms with Crippen LogP contribution < -0.4 is 5.32 Å². The summed E-state index contributed by atoms with van der Waals surface area (Å²) in [5.41, 5.74) is 1.98. The monoisotopic (exact) mass is 267 g/mol. The van der Waals surface area contributed by atoms with E-state index in [-0.39, 0.29) is 17.4 Å². The average Bonchev–Trinajstić information content (AvgIpc) is 2.87. The molecule has 100 valence electrons. The standard InChI is InChI=1S/C16H13NO3/c1-10-6-7-13(18)12(8-10)17-16(19)15-9-11-4-2-3-5-14(11)20-15/h2-9,18H,1H3,(H,17,19). The Morgan fingerprint density at radius 3 is 2.75 bits per heavy atom. The molecule has 0 radical (unpaired) electrons. The topological polar surface area (TPSA) is 62.5 Å². The molecule has 4 heteroatoms. The van der Waals surface area contributed by atoms with Gasteiger partial charge in [0.1, 0.15) is 11.3 Å². The van der Waals surface area contributed by atoms with E-state index in [2.05, 4.69) is 5.32 Å². The Balaban J connectivity index is 1.90. The molecule has 0 atom stereocenters. The van der Waals surface area contributed by atoms with E-state index in [1.54, 1.807) is 30.3 Å². The van der Waals surface area contributed by atoms with Crippen LogP contribution in [0.25, 0.3) is 11.0 Å². The van der Waals surface area contributed by atoms with Crippen molar-refractivity contribution < 1.29 is 14.3 Å². The lowest BCUT2D eigenvalue weighted by molar-refractivity contribution is 0.0998. The van der Waals surface area contributed by atoms with Gasteiger partial charge in [0.05, 0.1) is 5.69 Å². The third-order valence-electron chi connectivity index (χ3n) is 3.05. The van der Waals surface area contributed by atoms with E-state index in [9.17, 15) is 9.90 Å². The van der Waals surface area contributed by atoms with Gasteiger partial charge in [-0.2, -0.15) is 0 Å². The predicted molar refractivity (Wildman–Crippen MR) is 77.0 cm³/mol. The third-order valence-corrected chi connectivity index (χ3v) is 3.05. The molecule has 0 fully saturated rings. The minimum atomic E-state index is -0.387. The molecule has 0 aliphatic heterocycles. The number of nitrogens with one attached hydrogen (secondary N) is 1. The van der Waals surface area contributed by atoms with Crippen LogP contribution in [0.2, 0.25) is 0 Å². The van der Waals surface area contributed by atoms with E-state index in [4.69, 9.17) is 4.42 Å². The molecule has 1 aromatic heterocycles. The van der Waals surface area contributed by atoms with Crippen LogP contribution in [0, 0.1) is 6.92 Å². The van der Waals surface area contributed by atoms with Gasteiger partial charge in [-0.15, -0.1) is 0 Å². The molecule has 2 aromatic carbocycles. The molecule has 1 heterocycles. The quantitative estimate of drug-likeness (QED) is 0.696. The van der Waals surface area contributed by atoms with Crippen LogP contribution in [0.3, 0.4) is 0 Å². The molecule has 0 aliphatic carbocycles. The summed E-state index contributed by atoms with van der Waals surface area (Å²) in [6.45, 7) is 1.89. The Hall–Kier alpha value is -2.75. The van der Waals surface area contributed by atoms with Crippen molar-refractivity contribution >= 4 is 22.6 Å². The van der Waals surface area contributed by atoms with Crippen molar-refractivity contribution in [3.63, 3.8) is 0 Å². The number of carbonyl (C=O) groups is 1. The van der Waals surface area contributed by atoms with E-state index < -0.39 is 0 Å². The van der Waals surface area contributed by atoms with Crippen LogP contribution in [0.5, 0.6) is 5.75 Å². The lowest BCUT2D eigenvalue weighted by Gasteiger charge is -2.06. The molecule has 3 aromatic rings. The fourth-order valence-electron chi connectivity index (χ4n) is 2.03. The smallest absolute Gasteiger partial charge is 0.291 e. The number of hydrogen-bond acceptors (Lipinski definition) is 3. The highest BCUT2D eigenvalue weighted by atomic mass is 16.3. The maximum absolute atomic E-state index is 12.1. The number of phenols is 1. The molecule has 4 nitrogen and oxygen atoms in total. The summed E-state index contributed by atoms with van der Waals surface area (Å²) in [7, 11) is 0. The minimum absolute atomic E-state index is 0.0278. The first kappa shape index (κ1) is 12.3. The van der Waals surface area contributed by atoms with Crippen molar-refractivity contribution in [1.82, 2.24) is 0 Å². The van der Waals surface area contributed by atoms with Crippen molar-refractivity contribution in [2.24, 2.45) is 0 Å². The van der Waals surface area contributed by atoms with Gasteiger partial charge in [-0.3, -0.25) is 4.79 Å². The predicted octanol–water partition coefficient (Wildman–Crippen LogP) is 3.70. The Bertz CT molecular complexity index is 756. The van der Waals surface area contributed by atoms with Crippen LogP contribution in [0.4, 0.5) is 5.69 Å². The fraction of sp³-hybridized carbons (Fsp3) is 0.0625. The SMILES string of the molecule is Cc1ccc(O)c(NC(=O)c2cc3ccccc3o2)c1. The number of para-hydroxylation sites is 1. The minimum Gasteiger partial charge on any atom is -0.506 e. The first-order valence-corrected chi connectivity index (χ1v) is 6.23. The zero-order valence-corrected chi connectivity index (χ0v) is 10.9. The molecule has 1 amide bonds. The second-order valence-corrected chi connectivity index (χ2v) is 4.62. The number of amides is 1. The van der Waals surface area contributed by atoms with Crippen molar-refractivity contribution in [2.75, 3.05) is 5.32 Å². The molecular formula is C16H13NO3. The van der Waals surface area contributed by atoms with Crippen LogP contribution >= 0.6 is 0 Å². The molecule has 0 aliphatic rings. The van der Waals surface area contributed by atoms with Gasteiger partial charge in [-0.1, -0.05) is 24.3 Å². The first-order chi connectivity index (χ1) is 9.63. The van der Waals surface area contributed by atoms with Gasteiger partial charge in [0, 0.05) is 5.39 Å². The summed E-state index contributed by atoms with van der Waals surface area (Å²) in [6, 6.07) is 14.1. The van der Waals surface area contributed by atoms with E-state index in [0.29, 0.717) is 11.3 Å². The molecule has 0 bridgehead atoms. The molecular weight excluding hydrogens is 254 g/mol. The maximum atomic E-state index is 12.1. The van der Waals surface area contributed by atoms with E-state index in [1.165, 1.54) is 0 Å². The number of benzene rings is 2. The molecule has 0 unspecified atom stereocenters. The van der Waals surface area contributed by atoms with Gasteiger partial charge < -0.3 is 14.8 Å². The van der Waals surface area contributed by atoms with Crippen molar-refractivity contribution in [3.8, 4) is 5.75 Å². The number of rotatable bonds is 2. The number of anilines is 1. The van der Waals surface area contributed by atoms with E-state index in [1.807, 2.05) is 25.1 Å². The number of furan rings is 1. The highest BCUT2D eigenvalue weighted by molar-refractivity contribution is 6.05. The Morgan fingerprint density at radius 1 is 1.15 bits per heavy atom. The number of aryl methyl sites for hydroxylation is 1. The summed E-state index contributed by atoms with van der Waals surface area (Å²) < 4.78 is 5.48. The van der Waals surface area contributed by atoms with Gasteiger partial charge >= 0.3 is 0 Å². The average molecular weight is 267 g/mol. The van der Waals surface area contributed by atoms with Crippen LogP contribution in [0.15, 0.2) is 52.9 Å². The normalized spacial score (nSPS) is 10.7. The number of aromatic hydroxyl groups is 1. The van der Waals surface area contributed by atoms with Crippen LogP contribution in [-0.4, -0.2) is 11.0 Å². The highest BCUT2D eigenvalue weighted by Gasteiger charge is 2.13. The van der Waals surface area contributed by atoms with Crippen LogP contribution in [-0.2, 0) is 0 Å². The second-order valence-electron chi connectivity index (χ2n) is 4.62. The van der Waals surface area contributed by atoms with Crippen molar-refractivity contribution in [3.05, 3.63) is 59.9 Å². The van der Waals surface area contributed by atoms with Gasteiger partial charge in [-0.05, 0) is 36.8 Å². The van der Waals surface area contributed by atoms with Gasteiger partial charge in [-0.25, -0.2) is 0 Å². The summed E-state index contributed by atoms with van der Waals surface area (Å²) in [5, 5.41) is 13.2. The summed E-state index contributed by atoms with van der Waals surface area (Å²) >= 11 is 0. The Kier molecular flexibility index (Phi) is 2.91. The van der Waals surface area contributed by atoms with Crippen molar-refractivity contribution in [2.45, 2.75) is 6.92 Å². The lowest BCUT2D eigenvalue weighted by atomic mass is 10.2. The molecule has 3 rings (SSSR count). The third kappa shape index (κ3) is 2.23. The Morgan fingerprint density at radius 2 is 1.95 bits per heavy atom. The first-order valence-electron chi connectivity index (χ1n) is 6.23. The number of hydrogen-bond donors (Lipinski definition) is 2. The van der Waals surface area contributed by atoms with E-state index in [0.717, 1.165) is 10.9 Å². The van der Waals surface area contributed by atoms with Gasteiger partial charge in [0.15, 0.2) is 5.76 Å². The zero-order valence-electron chi connectivity index (χ0n) is 10.9. The summed E-state index contributed by atoms with van der Waals surface area (Å²) in [4.78, 5) is 12.1. The maximum Gasteiger partial charge on any atom is 0.291 e. The van der Waals surface area contributed by atoms with Gasteiger partial charge in [0.25, 0.3) is 5.91 Å². The highest BCUT2D eigenvalue weighted by Crippen LogP contribution is 2.25. The molecule has 0 saturated heterocycles. The molecule has 0 spiro atoms. The van der Waals surface area contributed by atoms with Gasteiger partial charge in [0.2, 0.25) is 0 Å². The largest absolute Gasteiger partial charge is 0.506 e. The lowest BCUT2D eigenvalue weighted by Crippen LogP contribution is -2.11. The van der Waals surface area contributed by atoms with Crippen molar-refractivity contribution in [1.29, 1.82) is 0 Å². The number of carbonyl (C=O) groups excluding carboxylic acids is 1. The number of phenolic OH excluding ortho intramolecular Hbond substituents is 1. The molecule has 20 heavy (non-hydrogen) atoms. The molecule has 2 N–H and O–H groups in total. The summed E-state index contributed by atoms with van der Waals surface area (Å²) in [5.74, 6) is -0.144.